The molecule has 0 spiro atoms. The van der Waals surface area contributed by atoms with Gasteiger partial charge < -0.3 is 24.4 Å². The van der Waals surface area contributed by atoms with Crippen LogP contribution in [0.5, 0.6) is 17.2 Å². The highest BCUT2D eigenvalue weighted by molar-refractivity contribution is 7.98. The predicted molar refractivity (Wildman–Crippen MR) is 135 cm³/mol. The number of hydrogen-bond acceptors (Lipinski definition) is 8. The molecular weight excluding hydrogens is 452 g/mol. The van der Waals surface area contributed by atoms with Crippen molar-refractivity contribution in [3.8, 4) is 17.2 Å². The number of nitrogens with zero attached hydrogens (tertiary/aromatic N) is 2. The Morgan fingerprint density at radius 2 is 1.91 bits per heavy atom. The molecule has 0 bridgehead atoms. The number of fused-ring (bicyclic) bond motifs is 1. The normalized spacial score (nSPS) is 12.8. The van der Waals surface area contributed by atoms with Crippen LogP contribution in [-0.2, 0) is 18.7 Å². The third kappa shape index (κ3) is 6.24. The van der Waals surface area contributed by atoms with Gasteiger partial charge in [0, 0.05) is 41.9 Å². The lowest BCUT2D eigenvalue weighted by Gasteiger charge is -2.14. The molecular formula is C25H30N4O4S. The first-order valence-electron chi connectivity index (χ1n) is 11.1. The summed E-state index contributed by atoms with van der Waals surface area (Å²) in [5, 5.41) is 3.18. The van der Waals surface area contributed by atoms with E-state index in [4.69, 9.17) is 14.2 Å². The van der Waals surface area contributed by atoms with E-state index in [0.29, 0.717) is 36.0 Å². The fourth-order valence-electron chi connectivity index (χ4n) is 3.70. The Balaban J connectivity index is 1.23. The number of para-hydroxylation sites is 2. The molecule has 0 fully saturated rings. The van der Waals surface area contributed by atoms with Gasteiger partial charge in [-0.2, -0.15) is 11.8 Å². The van der Waals surface area contributed by atoms with Crippen LogP contribution in [0.1, 0.15) is 16.7 Å². The van der Waals surface area contributed by atoms with Gasteiger partial charge in [-0.1, -0.05) is 18.2 Å². The number of ether oxygens (including phenoxy) is 3. The molecule has 180 valence electrons. The number of aromatic amines is 1. The lowest BCUT2D eigenvalue weighted by molar-refractivity contribution is 0.0499. The van der Waals surface area contributed by atoms with Crippen molar-refractivity contribution in [1.82, 2.24) is 14.9 Å². The van der Waals surface area contributed by atoms with Gasteiger partial charge in [0.25, 0.3) is 5.56 Å². The van der Waals surface area contributed by atoms with Crippen LogP contribution in [0.3, 0.4) is 0 Å². The number of hydrogen-bond donors (Lipinski definition) is 2. The zero-order chi connectivity index (χ0) is 23.9. The number of methoxy groups -OCH3 is 1. The van der Waals surface area contributed by atoms with Crippen molar-refractivity contribution in [2.75, 3.05) is 38.8 Å². The topological polar surface area (TPSA) is 88.7 Å². The highest BCUT2D eigenvalue weighted by Crippen LogP contribution is 2.34. The van der Waals surface area contributed by atoms with E-state index in [-0.39, 0.29) is 5.56 Å². The fourth-order valence-corrected chi connectivity index (χ4v) is 4.54. The Morgan fingerprint density at radius 1 is 1.15 bits per heavy atom. The van der Waals surface area contributed by atoms with E-state index in [1.165, 1.54) is 11.1 Å². The standard InChI is InChI=1S/C25H30N4O4S/c1-29(2)15-17-8-9-20(31-3)19(12-17)16-34-11-10-26-25-27-14-18(24(30)28-25)13-23-32-21-6-4-5-7-22(21)33-23/h4-9,12,14,23H,10-11,13,15-16H2,1-3H3,(H2,26,27,28,30). The number of aromatic nitrogens is 2. The molecule has 8 nitrogen and oxygen atoms in total. The molecule has 0 aliphatic carbocycles. The molecule has 2 N–H and O–H groups in total. The van der Waals surface area contributed by atoms with Crippen molar-refractivity contribution >= 4 is 17.7 Å². The highest BCUT2D eigenvalue weighted by atomic mass is 32.2. The molecule has 1 aliphatic rings. The molecule has 1 aromatic heterocycles. The number of anilines is 1. The molecule has 1 aliphatic heterocycles. The molecule has 4 rings (SSSR count). The summed E-state index contributed by atoms with van der Waals surface area (Å²) in [4.78, 5) is 21.8. The predicted octanol–water partition coefficient (Wildman–Crippen LogP) is 3.53. The van der Waals surface area contributed by atoms with Crippen LogP contribution in [0.15, 0.2) is 53.5 Å². The maximum Gasteiger partial charge on any atom is 0.255 e. The van der Waals surface area contributed by atoms with Gasteiger partial charge in [0.15, 0.2) is 11.5 Å². The number of H-pyrrole nitrogens is 1. The summed E-state index contributed by atoms with van der Waals surface area (Å²) in [5.41, 5.74) is 2.76. The van der Waals surface area contributed by atoms with E-state index in [2.05, 4.69) is 46.4 Å². The molecule has 9 heteroatoms. The molecule has 3 aromatic rings. The number of rotatable bonds is 11. The lowest BCUT2D eigenvalue weighted by atomic mass is 10.1. The quantitative estimate of drug-likeness (QED) is 0.402. The first-order chi connectivity index (χ1) is 16.5. The molecule has 0 saturated carbocycles. The summed E-state index contributed by atoms with van der Waals surface area (Å²) >= 11 is 1.80. The van der Waals surface area contributed by atoms with Gasteiger partial charge in [0.1, 0.15) is 5.75 Å². The van der Waals surface area contributed by atoms with Crippen molar-refractivity contribution in [3.05, 3.63) is 75.7 Å². The van der Waals surface area contributed by atoms with Crippen LogP contribution >= 0.6 is 11.8 Å². The molecule has 2 aromatic carbocycles. The summed E-state index contributed by atoms with van der Waals surface area (Å²) in [6, 6.07) is 13.8. The van der Waals surface area contributed by atoms with Gasteiger partial charge in [-0.15, -0.1) is 0 Å². The van der Waals surface area contributed by atoms with Gasteiger partial charge in [-0.3, -0.25) is 9.78 Å². The van der Waals surface area contributed by atoms with Crippen LogP contribution in [0.25, 0.3) is 0 Å². The van der Waals surface area contributed by atoms with Crippen molar-refractivity contribution in [2.45, 2.75) is 25.0 Å². The second kappa shape index (κ2) is 11.3. The third-order valence-electron chi connectivity index (χ3n) is 5.27. The maximum atomic E-state index is 12.5. The first-order valence-corrected chi connectivity index (χ1v) is 12.3. The third-order valence-corrected chi connectivity index (χ3v) is 6.27. The summed E-state index contributed by atoms with van der Waals surface area (Å²) in [7, 11) is 5.82. The summed E-state index contributed by atoms with van der Waals surface area (Å²) in [5.74, 6) is 4.44. The fraction of sp³-hybridized carbons (Fsp3) is 0.360. The Bertz CT molecular complexity index is 1140. The van der Waals surface area contributed by atoms with Gasteiger partial charge in [-0.05, 0) is 43.9 Å². The minimum Gasteiger partial charge on any atom is -0.496 e. The van der Waals surface area contributed by atoms with Crippen molar-refractivity contribution in [3.63, 3.8) is 0 Å². The minimum absolute atomic E-state index is 0.198. The summed E-state index contributed by atoms with van der Waals surface area (Å²) in [6.07, 6.45) is 1.37. The van der Waals surface area contributed by atoms with Crippen LogP contribution in [0, 0.1) is 0 Å². The highest BCUT2D eigenvalue weighted by Gasteiger charge is 2.24. The van der Waals surface area contributed by atoms with E-state index in [0.717, 1.165) is 23.8 Å². The monoisotopic (exact) mass is 482 g/mol. The molecule has 2 heterocycles. The molecule has 0 amide bonds. The second-order valence-electron chi connectivity index (χ2n) is 8.27. The molecule has 0 atom stereocenters. The van der Waals surface area contributed by atoms with E-state index in [1.807, 2.05) is 30.3 Å². The maximum absolute atomic E-state index is 12.5. The van der Waals surface area contributed by atoms with Gasteiger partial charge in [0.05, 0.1) is 13.5 Å². The Hall–Kier alpha value is -3.17. The lowest BCUT2D eigenvalue weighted by Crippen LogP contribution is -2.26. The zero-order valence-corrected chi connectivity index (χ0v) is 20.5. The van der Waals surface area contributed by atoms with Gasteiger partial charge in [-0.25, -0.2) is 4.98 Å². The second-order valence-corrected chi connectivity index (χ2v) is 9.37. The van der Waals surface area contributed by atoms with Gasteiger partial charge >= 0.3 is 0 Å². The summed E-state index contributed by atoms with van der Waals surface area (Å²) in [6.45, 7) is 1.57. The van der Waals surface area contributed by atoms with Crippen LogP contribution in [-0.4, -0.2) is 54.7 Å². The SMILES string of the molecule is COc1ccc(CN(C)C)cc1CSCCNc1ncc(CC2Oc3ccccc3O2)c(=O)[nH]1. The smallest absolute Gasteiger partial charge is 0.255 e. The van der Waals surface area contributed by atoms with Crippen molar-refractivity contribution in [2.24, 2.45) is 0 Å². The average molecular weight is 483 g/mol. The number of nitrogens with one attached hydrogen (secondary N) is 2. The van der Waals surface area contributed by atoms with Crippen molar-refractivity contribution in [1.29, 1.82) is 0 Å². The Labute approximate surface area is 203 Å². The van der Waals surface area contributed by atoms with Crippen LogP contribution in [0.4, 0.5) is 5.95 Å². The van der Waals surface area contributed by atoms with Crippen molar-refractivity contribution < 1.29 is 14.2 Å². The van der Waals surface area contributed by atoms with Gasteiger partial charge in [0.2, 0.25) is 12.2 Å². The number of thioether (sulfide) groups is 1. The zero-order valence-electron chi connectivity index (χ0n) is 19.7. The molecule has 0 radical (unpaired) electrons. The first kappa shape index (κ1) is 24.0. The van der Waals surface area contributed by atoms with E-state index >= 15 is 0 Å². The Kier molecular flexibility index (Phi) is 7.97. The minimum atomic E-state index is -0.524. The summed E-state index contributed by atoms with van der Waals surface area (Å²) < 4.78 is 17.0. The van der Waals surface area contributed by atoms with Crippen LogP contribution < -0.4 is 25.1 Å². The van der Waals surface area contributed by atoms with Crippen LogP contribution in [0.2, 0.25) is 0 Å². The molecule has 0 unspecified atom stereocenters. The average Bonchev–Trinajstić information content (AvgIpc) is 3.23. The van der Waals surface area contributed by atoms with E-state index in [9.17, 15) is 4.79 Å². The molecule has 0 saturated heterocycles. The molecule has 34 heavy (non-hydrogen) atoms. The van der Waals surface area contributed by atoms with E-state index < -0.39 is 6.29 Å². The largest absolute Gasteiger partial charge is 0.496 e. The van der Waals surface area contributed by atoms with E-state index in [1.54, 1.807) is 25.1 Å². The number of benzene rings is 2. The Morgan fingerprint density at radius 3 is 2.59 bits per heavy atom.